The van der Waals surface area contributed by atoms with E-state index in [-0.39, 0.29) is 17.2 Å². The molecule has 1 aromatic carbocycles. The number of amides is 1. The maximum atomic E-state index is 12.5. The number of rotatable bonds is 3. The zero-order valence-electron chi connectivity index (χ0n) is 11.8. The second kappa shape index (κ2) is 5.90. The fourth-order valence-electron chi connectivity index (χ4n) is 2.50. The van der Waals surface area contributed by atoms with Crippen LogP contribution in [-0.4, -0.2) is 35.9 Å². The molecule has 0 spiro atoms. The fraction of sp³-hybridized carbons (Fsp3) is 0.500. The van der Waals surface area contributed by atoms with Gasteiger partial charge in [0.1, 0.15) is 11.3 Å². The Morgan fingerprint density at radius 3 is 2.60 bits per heavy atom. The van der Waals surface area contributed by atoms with Crippen LogP contribution in [0.25, 0.3) is 0 Å². The van der Waals surface area contributed by atoms with Crippen molar-refractivity contribution in [1.29, 1.82) is 0 Å². The molecule has 0 radical (unpaired) electrons. The quantitative estimate of drug-likeness (QED) is 0.680. The van der Waals surface area contributed by atoms with Crippen LogP contribution in [0.1, 0.15) is 30.1 Å². The van der Waals surface area contributed by atoms with Crippen LogP contribution in [0.3, 0.4) is 0 Å². The Kier molecular flexibility index (Phi) is 4.22. The zero-order valence-corrected chi connectivity index (χ0v) is 11.8. The van der Waals surface area contributed by atoms with E-state index in [1.54, 1.807) is 24.1 Å². The first-order valence-electron chi connectivity index (χ1n) is 6.79. The van der Waals surface area contributed by atoms with Gasteiger partial charge in [-0.15, -0.1) is 0 Å². The molecule has 1 aliphatic heterocycles. The predicted molar refractivity (Wildman–Crippen MR) is 76.9 cm³/mol. The van der Waals surface area contributed by atoms with Gasteiger partial charge in [-0.1, -0.05) is 13.0 Å². The average molecular weight is 277 g/mol. The van der Waals surface area contributed by atoms with Crippen LogP contribution in [0.15, 0.2) is 18.2 Å². The molecule has 2 rings (SSSR count). The average Bonchev–Trinajstić information content (AvgIpc) is 2.46. The summed E-state index contributed by atoms with van der Waals surface area (Å²) in [7, 11) is 1.61. The maximum Gasteiger partial charge on any atom is 0.305 e. The van der Waals surface area contributed by atoms with Gasteiger partial charge in [-0.05, 0) is 30.9 Å². The number of carbonyl (C=O) groups excluding carboxylic acids is 1. The number of piperidine rings is 1. The number of anilines is 1. The molecule has 1 saturated heterocycles. The van der Waals surface area contributed by atoms with E-state index in [1.165, 1.54) is 6.07 Å². The van der Waals surface area contributed by atoms with E-state index in [4.69, 9.17) is 0 Å². The highest BCUT2D eigenvalue weighted by Crippen LogP contribution is 2.30. The van der Waals surface area contributed by atoms with Crippen LogP contribution in [-0.2, 0) is 0 Å². The standard InChI is InChI=1S/C14H19N3O3/c1-10-6-8-16(9-7-10)14(18)11-4-3-5-12(15-2)13(11)17(19)20/h3-5,10,15H,6-9H2,1-2H3. The van der Waals surface area contributed by atoms with Crippen molar-refractivity contribution in [3.8, 4) is 0 Å². The van der Waals surface area contributed by atoms with E-state index in [2.05, 4.69) is 12.2 Å². The Hall–Kier alpha value is -2.11. The van der Waals surface area contributed by atoms with Gasteiger partial charge in [0.15, 0.2) is 0 Å². The molecule has 6 heteroatoms. The lowest BCUT2D eigenvalue weighted by Gasteiger charge is -2.30. The van der Waals surface area contributed by atoms with Crippen LogP contribution in [0.4, 0.5) is 11.4 Å². The molecule has 1 fully saturated rings. The monoisotopic (exact) mass is 277 g/mol. The normalized spacial score (nSPS) is 16.0. The number of nitro groups is 1. The molecule has 108 valence electrons. The summed E-state index contributed by atoms with van der Waals surface area (Å²) >= 11 is 0. The first-order chi connectivity index (χ1) is 9.54. The molecule has 0 aromatic heterocycles. The minimum atomic E-state index is -0.494. The Morgan fingerprint density at radius 2 is 2.05 bits per heavy atom. The highest BCUT2D eigenvalue weighted by Gasteiger charge is 2.29. The maximum absolute atomic E-state index is 12.5. The second-order valence-corrected chi connectivity index (χ2v) is 5.18. The molecule has 6 nitrogen and oxygen atoms in total. The summed E-state index contributed by atoms with van der Waals surface area (Å²) in [5, 5.41) is 14.0. The second-order valence-electron chi connectivity index (χ2n) is 5.18. The van der Waals surface area contributed by atoms with Gasteiger partial charge in [-0.3, -0.25) is 14.9 Å². The lowest BCUT2D eigenvalue weighted by molar-refractivity contribution is -0.384. The third kappa shape index (κ3) is 2.74. The molecule has 20 heavy (non-hydrogen) atoms. The summed E-state index contributed by atoms with van der Waals surface area (Å²) in [6.07, 6.45) is 1.90. The number of nitro benzene ring substituents is 1. The van der Waals surface area contributed by atoms with Gasteiger partial charge in [-0.25, -0.2) is 0 Å². The summed E-state index contributed by atoms with van der Waals surface area (Å²) in [6, 6.07) is 4.80. The van der Waals surface area contributed by atoms with E-state index in [1.807, 2.05) is 0 Å². The number of para-hydroxylation sites is 1. The first kappa shape index (κ1) is 14.3. The largest absolute Gasteiger partial charge is 0.383 e. The van der Waals surface area contributed by atoms with E-state index in [9.17, 15) is 14.9 Å². The van der Waals surface area contributed by atoms with Gasteiger partial charge < -0.3 is 10.2 Å². The molecule has 1 amide bonds. The molecular weight excluding hydrogens is 258 g/mol. The van der Waals surface area contributed by atoms with Crippen LogP contribution >= 0.6 is 0 Å². The summed E-state index contributed by atoms with van der Waals surface area (Å²) in [4.78, 5) is 24.9. The molecule has 0 bridgehead atoms. The molecule has 1 N–H and O–H groups in total. The SMILES string of the molecule is CNc1cccc(C(=O)N2CCC(C)CC2)c1[N+](=O)[O-]. The van der Waals surface area contributed by atoms with E-state index in [0.29, 0.717) is 24.7 Å². The lowest BCUT2D eigenvalue weighted by atomic mass is 9.98. The van der Waals surface area contributed by atoms with Crippen molar-refractivity contribution in [2.24, 2.45) is 5.92 Å². The molecule has 1 aromatic rings. The van der Waals surface area contributed by atoms with Gasteiger partial charge in [0, 0.05) is 20.1 Å². The van der Waals surface area contributed by atoms with Gasteiger partial charge >= 0.3 is 5.69 Å². The van der Waals surface area contributed by atoms with Crippen LogP contribution in [0, 0.1) is 16.0 Å². The van der Waals surface area contributed by atoms with Crippen LogP contribution in [0.5, 0.6) is 0 Å². The molecule has 0 unspecified atom stereocenters. The Bertz CT molecular complexity index is 522. The Balaban J connectivity index is 2.32. The number of benzene rings is 1. The molecule has 0 saturated carbocycles. The van der Waals surface area contributed by atoms with E-state index in [0.717, 1.165) is 12.8 Å². The number of likely N-dealkylation sites (tertiary alicyclic amines) is 1. The van der Waals surface area contributed by atoms with Gasteiger partial charge in [-0.2, -0.15) is 0 Å². The van der Waals surface area contributed by atoms with Crippen molar-refractivity contribution in [2.75, 3.05) is 25.5 Å². The first-order valence-corrected chi connectivity index (χ1v) is 6.79. The smallest absolute Gasteiger partial charge is 0.305 e. The number of nitrogens with one attached hydrogen (secondary N) is 1. The van der Waals surface area contributed by atoms with E-state index < -0.39 is 4.92 Å². The lowest BCUT2D eigenvalue weighted by Crippen LogP contribution is -2.38. The van der Waals surface area contributed by atoms with E-state index >= 15 is 0 Å². The summed E-state index contributed by atoms with van der Waals surface area (Å²) in [5.41, 5.74) is 0.390. The molecule has 1 aliphatic rings. The summed E-state index contributed by atoms with van der Waals surface area (Å²) < 4.78 is 0. The molecule has 0 atom stereocenters. The number of carbonyl (C=O) groups is 1. The van der Waals surface area contributed by atoms with Crippen molar-refractivity contribution >= 4 is 17.3 Å². The van der Waals surface area contributed by atoms with Crippen LogP contribution < -0.4 is 5.32 Å². The van der Waals surface area contributed by atoms with Gasteiger partial charge in [0.2, 0.25) is 0 Å². The molecule has 0 aliphatic carbocycles. The van der Waals surface area contributed by atoms with Gasteiger partial charge in [0.25, 0.3) is 5.91 Å². The third-order valence-corrected chi connectivity index (χ3v) is 3.79. The Labute approximate surface area is 117 Å². The van der Waals surface area contributed by atoms with Gasteiger partial charge in [0.05, 0.1) is 4.92 Å². The Morgan fingerprint density at radius 1 is 1.40 bits per heavy atom. The summed E-state index contributed by atoms with van der Waals surface area (Å²) in [6.45, 7) is 3.49. The van der Waals surface area contributed by atoms with Crippen molar-refractivity contribution in [3.05, 3.63) is 33.9 Å². The highest BCUT2D eigenvalue weighted by molar-refractivity contribution is 6.00. The van der Waals surface area contributed by atoms with Crippen molar-refractivity contribution < 1.29 is 9.72 Å². The minimum Gasteiger partial charge on any atom is -0.383 e. The van der Waals surface area contributed by atoms with Crippen LogP contribution in [0.2, 0.25) is 0 Å². The zero-order chi connectivity index (χ0) is 14.7. The highest BCUT2D eigenvalue weighted by atomic mass is 16.6. The summed E-state index contributed by atoms with van der Waals surface area (Å²) in [5.74, 6) is 0.360. The molecule has 1 heterocycles. The predicted octanol–water partition coefficient (Wildman–Crippen LogP) is 2.51. The number of hydrogen-bond acceptors (Lipinski definition) is 4. The van der Waals surface area contributed by atoms with Crippen molar-refractivity contribution in [2.45, 2.75) is 19.8 Å². The minimum absolute atomic E-state index is 0.140. The van der Waals surface area contributed by atoms with Crippen molar-refractivity contribution in [1.82, 2.24) is 4.90 Å². The van der Waals surface area contributed by atoms with Crippen molar-refractivity contribution in [3.63, 3.8) is 0 Å². The third-order valence-electron chi connectivity index (χ3n) is 3.79. The fourth-order valence-corrected chi connectivity index (χ4v) is 2.50. The topological polar surface area (TPSA) is 75.5 Å². The number of hydrogen-bond donors (Lipinski definition) is 1. The molecular formula is C14H19N3O3. The number of nitrogens with zero attached hydrogens (tertiary/aromatic N) is 2.